The van der Waals surface area contributed by atoms with E-state index in [1.807, 2.05) is 6.92 Å². The number of hydrogen-bond acceptors (Lipinski definition) is 2. The number of alkyl halides is 3. The fourth-order valence-electron chi connectivity index (χ4n) is 1.57. The number of rotatable bonds is 4. The van der Waals surface area contributed by atoms with E-state index >= 15 is 0 Å². The van der Waals surface area contributed by atoms with Gasteiger partial charge in [0, 0.05) is 11.3 Å². The maximum atomic E-state index is 12.6. The van der Waals surface area contributed by atoms with Crippen molar-refractivity contribution in [3.05, 3.63) is 41.5 Å². The van der Waals surface area contributed by atoms with Crippen LogP contribution in [0.25, 0.3) is 0 Å². The zero-order chi connectivity index (χ0) is 13.9. The van der Waals surface area contributed by atoms with Gasteiger partial charge in [0.1, 0.15) is 0 Å². The van der Waals surface area contributed by atoms with Gasteiger partial charge in [0.2, 0.25) is 0 Å². The Morgan fingerprint density at radius 3 is 2.56 bits per heavy atom. The number of nitrogens with two attached hydrogens (primary N) is 1. The molecule has 0 aliphatic heterocycles. The summed E-state index contributed by atoms with van der Waals surface area (Å²) < 4.78 is 37.7. The molecule has 1 atom stereocenters. The maximum Gasteiger partial charge on any atom is 0.416 e. The zero-order valence-electron chi connectivity index (χ0n) is 10.1. The normalized spacial score (nSPS) is 13.4. The second kappa shape index (κ2) is 5.44. The van der Waals surface area contributed by atoms with Gasteiger partial charge in [0.15, 0.2) is 0 Å². The highest BCUT2D eigenvalue weighted by Crippen LogP contribution is 2.34. The zero-order valence-corrected chi connectivity index (χ0v) is 10.1. The summed E-state index contributed by atoms with van der Waals surface area (Å²) in [5.74, 6) is 0. The smallest absolute Gasteiger partial charge is 0.398 e. The summed E-state index contributed by atoms with van der Waals surface area (Å²) in [6.07, 6.45) is -4.62. The van der Waals surface area contributed by atoms with E-state index in [0.717, 1.165) is 23.8 Å². The van der Waals surface area contributed by atoms with Crippen LogP contribution in [0.3, 0.4) is 0 Å². The Kier molecular flexibility index (Phi) is 4.40. The van der Waals surface area contributed by atoms with Crippen molar-refractivity contribution in [2.75, 3.05) is 5.73 Å². The predicted molar refractivity (Wildman–Crippen MR) is 64.9 cm³/mol. The van der Waals surface area contributed by atoms with Crippen molar-refractivity contribution in [1.29, 1.82) is 0 Å². The molecule has 0 aromatic heterocycles. The monoisotopic (exact) mass is 259 g/mol. The summed E-state index contributed by atoms with van der Waals surface area (Å²) in [7, 11) is 0. The average Bonchev–Trinajstić information content (AvgIpc) is 2.27. The molecule has 0 fully saturated rings. The first-order valence-corrected chi connectivity index (χ1v) is 5.57. The number of halogens is 3. The van der Waals surface area contributed by atoms with Gasteiger partial charge in [-0.25, -0.2) is 0 Å². The summed E-state index contributed by atoms with van der Waals surface area (Å²) in [6.45, 7) is 5.58. The topological polar surface area (TPSA) is 46.2 Å². The molecule has 2 nitrogen and oxygen atoms in total. The lowest BCUT2D eigenvalue weighted by atomic mass is 9.98. The number of anilines is 1. The SMILES string of the molecule is C=C(CC)CC(O)c1cc(C(F)(F)F)ccc1N. The molecule has 0 spiro atoms. The van der Waals surface area contributed by atoms with Gasteiger partial charge in [0.25, 0.3) is 0 Å². The molecule has 0 radical (unpaired) electrons. The molecule has 0 heterocycles. The van der Waals surface area contributed by atoms with E-state index in [4.69, 9.17) is 5.73 Å². The molecule has 1 aromatic carbocycles. The molecule has 0 aliphatic rings. The Labute approximate surface area is 104 Å². The van der Waals surface area contributed by atoms with Gasteiger partial charge in [-0.2, -0.15) is 13.2 Å². The van der Waals surface area contributed by atoms with Crippen LogP contribution in [0.15, 0.2) is 30.4 Å². The summed E-state index contributed by atoms with van der Waals surface area (Å²) in [5, 5.41) is 9.88. The minimum Gasteiger partial charge on any atom is -0.398 e. The van der Waals surface area contributed by atoms with E-state index in [0.29, 0.717) is 6.42 Å². The molecular weight excluding hydrogens is 243 g/mol. The van der Waals surface area contributed by atoms with Crippen LogP contribution in [0.1, 0.15) is 37.0 Å². The summed E-state index contributed by atoms with van der Waals surface area (Å²) >= 11 is 0. The molecule has 100 valence electrons. The van der Waals surface area contributed by atoms with Gasteiger partial charge < -0.3 is 10.8 Å². The van der Waals surface area contributed by atoms with E-state index in [1.165, 1.54) is 0 Å². The van der Waals surface area contributed by atoms with Gasteiger partial charge in [-0.1, -0.05) is 19.1 Å². The van der Waals surface area contributed by atoms with Crippen molar-refractivity contribution in [3.8, 4) is 0 Å². The van der Waals surface area contributed by atoms with Crippen LogP contribution < -0.4 is 5.73 Å². The van der Waals surface area contributed by atoms with Crippen LogP contribution in [-0.2, 0) is 6.18 Å². The molecule has 0 bridgehead atoms. The van der Waals surface area contributed by atoms with Gasteiger partial charge in [-0.15, -0.1) is 0 Å². The molecule has 1 unspecified atom stereocenters. The highest BCUT2D eigenvalue weighted by Gasteiger charge is 2.31. The number of hydrogen-bond donors (Lipinski definition) is 2. The summed E-state index contributed by atoms with van der Waals surface area (Å²) in [5.41, 5.74) is 5.79. The van der Waals surface area contributed by atoms with Gasteiger partial charge >= 0.3 is 6.18 Å². The molecule has 0 amide bonds. The lowest BCUT2D eigenvalue weighted by Gasteiger charge is -2.16. The molecule has 1 rings (SSSR count). The Morgan fingerprint density at radius 2 is 2.06 bits per heavy atom. The van der Waals surface area contributed by atoms with E-state index in [1.54, 1.807) is 0 Å². The van der Waals surface area contributed by atoms with E-state index in [-0.39, 0.29) is 17.7 Å². The quantitative estimate of drug-likeness (QED) is 0.640. The number of aliphatic hydroxyl groups is 1. The largest absolute Gasteiger partial charge is 0.416 e. The van der Waals surface area contributed by atoms with Crippen molar-refractivity contribution >= 4 is 5.69 Å². The maximum absolute atomic E-state index is 12.6. The van der Waals surface area contributed by atoms with Crippen LogP contribution in [0.5, 0.6) is 0 Å². The van der Waals surface area contributed by atoms with Crippen molar-refractivity contribution in [3.63, 3.8) is 0 Å². The average molecular weight is 259 g/mol. The number of benzene rings is 1. The molecule has 0 aliphatic carbocycles. The third-order valence-electron chi connectivity index (χ3n) is 2.76. The van der Waals surface area contributed by atoms with Crippen LogP contribution in [0.2, 0.25) is 0 Å². The highest BCUT2D eigenvalue weighted by molar-refractivity contribution is 5.50. The lowest BCUT2D eigenvalue weighted by molar-refractivity contribution is -0.137. The van der Waals surface area contributed by atoms with Crippen molar-refractivity contribution < 1.29 is 18.3 Å². The third kappa shape index (κ3) is 3.50. The Balaban J connectivity index is 3.04. The van der Waals surface area contributed by atoms with Crippen LogP contribution in [0, 0.1) is 0 Å². The van der Waals surface area contributed by atoms with Crippen LogP contribution in [0.4, 0.5) is 18.9 Å². The Morgan fingerprint density at radius 1 is 1.44 bits per heavy atom. The van der Waals surface area contributed by atoms with E-state index in [9.17, 15) is 18.3 Å². The minimum atomic E-state index is -4.44. The number of nitrogen functional groups attached to an aromatic ring is 1. The third-order valence-corrected chi connectivity index (χ3v) is 2.76. The van der Waals surface area contributed by atoms with Crippen LogP contribution in [-0.4, -0.2) is 5.11 Å². The van der Waals surface area contributed by atoms with E-state index < -0.39 is 17.8 Å². The number of aliphatic hydroxyl groups excluding tert-OH is 1. The molecule has 1 aromatic rings. The van der Waals surface area contributed by atoms with Crippen molar-refractivity contribution in [2.24, 2.45) is 0 Å². The van der Waals surface area contributed by atoms with Crippen LogP contribution >= 0.6 is 0 Å². The Bertz CT molecular complexity index is 440. The minimum absolute atomic E-state index is 0.0967. The van der Waals surface area contributed by atoms with Gasteiger partial charge in [-0.3, -0.25) is 0 Å². The Hall–Kier alpha value is -1.49. The molecule has 0 saturated carbocycles. The molecule has 5 heteroatoms. The molecule has 0 saturated heterocycles. The first-order valence-electron chi connectivity index (χ1n) is 5.57. The molecule has 3 N–H and O–H groups in total. The molecular formula is C13H16F3NO. The van der Waals surface area contributed by atoms with Gasteiger partial charge in [-0.05, 0) is 31.0 Å². The fraction of sp³-hybridized carbons (Fsp3) is 0.385. The lowest BCUT2D eigenvalue weighted by Crippen LogP contribution is -2.09. The second-order valence-corrected chi connectivity index (χ2v) is 4.16. The first-order chi connectivity index (χ1) is 8.25. The predicted octanol–water partition coefficient (Wildman–Crippen LogP) is 3.68. The summed E-state index contributed by atoms with van der Waals surface area (Å²) in [4.78, 5) is 0. The standard InChI is InChI=1S/C13H16F3NO/c1-3-8(2)6-12(18)10-7-9(13(14,15)16)4-5-11(10)17/h4-5,7,12,18H,2-3,6,17H2,1H3. The first kappa shape index (κ1) is 14.6. The van der Waals surface area contributed by atoms with Gasteiger partial charge in [0.05, 0.1) is 11.7 Å². The van der Waals surface area contributed by atoms with E-state index in [2.05, 4.69) is 6.58 Å². The highest BCUT2D eigenvalue weighted by atomic mass is 19.4. The second-order valence-electron chi connectivity index (χ2n) is 4.16. The molecule has 18 heavy (non-hydrogen) atoms. The summed E-state index contributed by atoms with van der Waals surface area (Å²) in [6, 6.07) is 2.96. The van der Waals surface area contributed by atoms with Crippen molar-refractivity contribution in [2.45, 2.75) is 32.0 Å². The fourth-order valence-corrected chi connectivity index (χ4v) is 1.57. The van der Waals surface area contributed by atoms with Crippen molar-refractivity contribution in [1.82, 2.24) is 0 Å².